The van der Waals surface area contributed by atoms with E-state index in [0.717, 1.165) is 12.5 Å². The summed E-state index contributed by atoms with van der Waals surface area (Å²) in [5.74, 6) is -1.38. The highest BCUT2D eigenvalue weighted by atomic mass is 79.9. The average Bonchev–Trinajstić information content (AvgIpc) is 3.29. The van der Waals surface area contributed by atoms with Gasteiger partial charge in [-0.25, -0.2) is 14.2 Å². The molecule has 0 radical (unpaired) electrons. The number of aromatic nitrogens is 3. The number of fused-ring (bicyclic) bond motifs is 1. The predicted octanol–water partition coefficient (Wildman–Crippen LogP) is 2.81. The first-order valence-electron chi connectivity index (χ1n) is 10.1. The molecule has 0 bridgehead atoms. The number of aryl methyl sites for hydroxylation is 1. The van der Waals surface area contributed by atoms with Crippen molar-refractivity contribution in [3.63, 3.8) is 0 Å². The van der Waals surface area contributed by atoms with Gasteiger partial charge in [-0.3, -0.25) is 14.8 Å². The smallest absolute Gasteiger partial charge is 0.338 e. The fourth-order valence-electron chi connectivity index (χ4n) is 3.72. The summed E-state index contributed by atoms with van der Waals surface area (Å²) in [4.78, 5) is 30.9. The molecule has 1 aliphatic rings. The summed E-state index contributed by atoms with van der Waals surface area (Å²) in [5.41, 5.74) is 1.49. The van der Waals surface area contributed by atoms with Gasteiger partial charge in [-0.1, -0.05) is 17.7 Å². The van der Waals surface area contributed by atoms with Gasteiger partial charge in [0.1, 0.15) is 35.4 Å². The van der Waals surface area contributed by atoms with E-state index in [-0.39, 0.29) is 22.1 Å². The van der Waals surface area contributed by atoms with E-state index in [1.165, 1.54) is 10.9 Å². The average molecular weight is 532 g/mol. The molecule has 2 N–H and O–H groups in total. The van der Waals surface area contributed by atoms with Crippen molar-refractivity contribution >= 4 is 38.9 Å². The Balaban J connectivity index is 1.64. The number of aromatic amines is 1. The Morgan fingerprint density at radius 3 is 2.74 bits per heavy atom. The zero-order valence-corrected chi connectivity index (χ0v) is 19.6. The van der Waals surface area contributed by atoms with Crippen LogP contribution >= 0.6 is 15.9 Å². The number of hydrogen-bond donors (Lipinski definition) is 2. The van der Waals surface area contributed by atoms with Crippen molar-refractivity contribution in [3.8, 4) is 6.07 Å². The predicted molar refractivity (Wildman–Crippen MR) is 118 cm³/mol. The van der Waals surface area contributed by atoms with Gasteiger partial charge in [0.2, 0.25) is 0 Å². The highest BCUT2D eigenvalue weighted by Gasteiger charge is 2.49. The molecule has 12 heteroatoms. The zero-order chi connectivity index (χ0) is 24.6. The summed E-state index contributed by atoms with van der Waals surface area (Å²) in [5, 5.41) is 17.7. The van der Waals surface area contributed by atoms with Gasteiger partial charge in [0, 0.05) is 6.92 Å². The second-order valence-electron chi connectivity index (χ2n) is 7.70. The van der Waals surface area contributed by atoms with Crippen molar-refractivity contribution in [2.75, 3.05) is 6.61 Å². The van der Waals surface area contributed by atoms with E-state index in [0.29, 0.717) is 10.2 Å². The highest BCUT2D eigenvalue weighted by Crippen LogP contribution is 2.36. The SMILES string of the molecule is CC(=O)O[C@@H]1[C@H](F)[C@@H](COC(=O)c2ccc(C)cc2)O[C@H]1n1cnc(=N)c2c(C#N)c(Br)[nH]c21. The molecule has 3 aromatic rings. The second-order valence-corrected chi connectivity index (χ2v) is 8.49. The Morgan fingerprint density at radius 2 is 2.09 bits per heavy atom. The van der Waals surface area contributed by atoms with Crippen LogP contribution in [0, 0.1) is 23.7 Å². The number of hydrogen-bond acceptors (Lipinski definition) is 8. The summed E-state index contributed by atoms with van der Waals surface area (Å²) in [6.45, 7) is 2.59. The lowest BCUT2D eigenvalue weighted by Gasteiger charge is -2.22. The van der Waals surface area contributed by atoms with Crippen LogP contribution in [0.25, 0.3) is 11.0 Å². The first kappa shape index (κ1) is 23.6. The second kappa shape index (κ2) is 9.36. The molecule has 4 atom stereocenters. The summed E-state index contributed by atoms with van der Waals surface area (Å²) in [6.07, 6.45) is -4.43. The fourth-order valence-corrected chi connectivity index (χ4v) is 4.20. The topological polar surface area (TPSA) is 143 Å². The highest BCUT2D eigenvalue weighted by molar-refractivity contribution is 9.10. The Kier molecular flexibility index (Phi) is 6.49. The third-order valence-corrected chi connectivity index (χ3v) is 5.95. The molecule has 1 aliphatic heterocycles. The molecule has 10 nitrogen and oxygen atoms in total. The fraction of sp³-hybridized carbons (Fsp3) is 0.318. The Morgan fingerprint density at radius 1 is 1.38 bits per heavy atom. The number of nitriles is 1. The Labute approximate surface area is 200 Å². The zero-order valence-electron chi connectivity index (χ0n) is 18.0. The maximum atomic E-state index is 15.3. The van der Waals surface area contributed by atoms with Crippen LogP contribution in [0.1, 0.15) is 34.6 Å². The number of rotatable bonds is 5. The molecule has 0 aliphatic carbocycles. The molecule has 0 unspecified atom stereocenters. The normalized spacial score (nSPS) is 21.9. The summed E-state index contributed by atoms with van der Waals surface area (Å²) in [6, 6.07) is 8.68. The van der Waals surface area contributed by atoms with Gasteiger partial charge in [0.15, 0.2) is 24.0 Å². The van der Waals surface area contributed by atoms with Crippen LogP contribution in [0.5, 0.6) is 0 Å². The standard InChI is InChI=1S/C22H19BrFN5O5/c1-10-3-5-12(6-4-10)22(31)32-8-14-16(24)17(33-11(2)30)21(34-14)29-9-27-19(26)15-13(7-25)18(23)28-20(15)29/h3-6,9,14,16-17,21,26,28H,8H2,1-2H3/t14-,16-,17-,21-/m1/s1. The van der Waals surface area contributed by atoms with Crippen molar-refractivity contribution in [1.29, 1.82) is 10.7 Å². The third kappa shape index (κ3) is 4.32. The molecule has 1 aromatic carbocycles. The van der Waals surface area contributed by atoms with Gasteiger partial charge in [-0.15, -0.1) is 0 Å². The van der Waals surface area contributed by atoms with Gasteiger partial charge >= 0.3 is 11.9 Å². The summed E-state index contributed by atoms with van der Waals surface area (Å²) < 4.78 is 33.3. The van der Waals surface area contributed by atoms with Gasteiger partial charge in [-0.2, -0.15) is 5.26 Å². The van der Waals surface area contributed by atoms with Crippen molar-refractivity contribution in [3.05, 3.63) is 57.4 Å². The molecular formula is C22H19BrFN5O5. The monoisotopic (exact) mass is 531 g/mol. The minimum absolute atomic E-state index is 0.143. The van der Waals surface area contributed by atoms with Crippen molar-refractivity contribution in [2.24, 2.45) is 0 Å². The number of benzene rings is 1. The molecule has 3 heterocycles. The third-order valence-electron chi connectivity index (χ3n) is 5.36. The van der Waals surface area contributed by atoms with E-state index >= 15 is 4.39 Å². The van der Waals surface area contributed by atoms with Gasteiger partial charge in [-0.05, 0) is 35.0 Å². The Hall–Kier alpha value is -3.56. The number of H-pyrrole nitrogens is 1. The Bertz CT molecular complexity index is 1360. The molecule has 1 fully saturated rings. The molecule has 0 saturated carbocycles. The van der Waals surface area contributed by atoms with E-state index in [2.05, 4.69) is 25.9 Å². The van der Waals surface area contributed by atoms with Gasteiger partial charge < -0.3 is 19.2 Å². The lowest BCUT2D eigenvalue weighted by Crippen LogP contribution is -2.34. The number of halogens is 2. The molecule has 1 saturated heterocycles. The number of carbonyl (C=O) groups excluding carboxylic acids is 2. The van der Waals surface area contributed by atoms with Gasteiger partial charge in [0.05, 0.1) is 16.5 Å². The molecule has 34 heavy (non-hydrogen) atoms. The largest absolute Gasteiger partial charge is 0.459 e. The van der Waals surface area contributed by atoms with E-state index in [1.807, 2.05) is 13.0 Å². The quantitative estimate of drug-likeness (QED) is 0.481. The van der Waals surface area contributed by atoms with Crippen LogP contribution < -0.4 is 5.49 Å². The van der Waals surface area contributed by atoms with E-state index in [9.17, 15) is 14.9 Å². The molecule has 176 valence electrons. The maximum absolute atomic E-state index is 15.3. The summed E-state index contributed by atoms with van der Waals surface area (Å²) >= 11 is 3.23. The number of nitrogens with one attached hydrogen (secondary N) is 2. The van der Waals surface area contributed by atoms with Crippen molar-refractivity contribution in [2.45, 2.75) is 38.5 Å². The molecule has 0 amide bonds. The van der Waals surface area contributed by atoms with Crippen molar-refractivity contribution in [1.82, 2.24) is 14.5 Å². The number of nitrogens with zero attached hydrogens (tertiary/aromatic N) is 3. The van der Waals surface area contributed by atoms with Crippen LogP contribution in [0.4, 0.5) is 4.39 Å². The maximum Gasteiger partial charge on any atom is 0.338 e. The van der Waals surface area contributed by atoms with Crippen LogP contribution in [-0.4, -0.2) is 51.5 Å². The summed E-state index contributed by atoms with van der Waals surface area (Å²) in [7, 11) is 0. The number of ether oxygens (including phenoxy) is 3. The first-order valence-corrected chi connectivity index (χ1v) is 10.9. The minimum Gasteiger partial charge on any atom is -0.459 e. The van der Waals surface area contributed by atoms with Crippen LogP contribution in [0.2, 0.25) is 0 Å². The van der Waals surface area contributed by atoms with Gasteiger partial charge in [0.25, 0.3) is 0 Å². The van der Waals surface area contributed by atoms with Crippen molar-refractivity contribution < 1.29 is 28.2 Å². The van der Waals surface area contributed by atoms with Crippen LogP contribution in [-0.2, 0) is 19.0 Å². The van der Waals surface area contributed by atoms with E-state index in [4.69, 9.17) is 19.6 Å². The molecular weight excluding hydrogens is 513 g/mol. The lowest BCUT2D eigenvalue weighted by atomic mass is 10.1. The number of esters is 2. The lowest BCUT2D eigenvalue weighted by molar-refractivity contribution is -0.154. The number of alkyl halides is 1. The van der Waals surface area contributed by atoms with E-state index < -0.39 is 43.2 Å². The van der Waals surface area contributed by atoms with E-state index in [1.54, 1.807) is 24.3 Å². The minimum atomic E-state index is -1.83. The molecule has 4 rings (SSSR count). The first-order chi connectivity index (χ1) is 16.2. The number of carbonyl (C=O) groups is 2. The van der Waals surface area contributed by atoms with Crippen LogP contribution in [0.3, 0.4) is 0 Å². The van der Waals surface area contributed by atoms with Crippen LogP contribution in [0.15, 0.2) is 35.2 Å². The molecule has 0 spiro atoms. The molecule has 2 aromatic heterocycles.